The summed E-state index contributed by atoms with van der Waals surface area (Å²) in [6, 6.07) is 86.8. The van der Waals surface area contributed by atoms with E-state index in [0.29, 0.717) is 0 Å². The Hall–Kier alpha value is -8.20. The molecule has 0 spiro atoms. The normalized spacial score (nSPS) is 12.2. The van der Waals surface area contributed by atoms with Gasteiger partial charge in [-0.15, -0.1) is 0 Å². The molecule has 0 saturated heterocycles. The molecule has 0 bridgehead atoms. The summed E-state index contributed by atoms with van der Waals surface area (Å²) in [5.74, 6) is 0. The summed E-state index contributed by atoms with van der Waals surface area (Å²) in [6.07, 6.45) is 9.96. The molecule has 9 aromatic rings. The molecule has 300 valence electrons. The average molecular weight is 807 g/mol. The van der Waals surface area contributed by atoms with Crippen molar-refractivity contribution in [3.05, 3.63) is 278 Å². The zero-order valence-corrected chi connectivity index (χ0v) is 35.0. The largest absolute Gasteiger partial charge is 0.311 e. The van der Waals surface area contributed by atoms with E-state index in [1.807, 2.05) is 0 Å². The molecule has 9 aromatic carbocycles. The Morgan fingerprint density at radius 3 is 0.905 bits per heavy atom. The summed E-state index contributed by atoms with van der Waals surface area (Å²) in [4.78, 5) is 4.67. The molecule has 0 heterocycles. The van der Waals surface area contributed by atoms with Crippen LogP contribution < -0.4 is 9.80 Å². The van der Waals surface area contributed by atoms with Gasteiger partial charge >= 0.3 is 0 Å². The smallest absolute Gasteiger partial charge is 0.0462 e. The third kappa shape index (κ3) is 8.70. The third-order valence-corrected chi connectivity index (χ3v) is 11.7. The number of anilines is 5. The number of allylic oxidation sites excluding steroid dienone is 5. The zero-order valence-electron chi connectivity index (χ0n) is 35.0. The van der Waals surface area contributed by atoms with Crippen molar-refractivity contribution in [2.45, 2.75) is 6.42 Å². The van der Waals surface area contributed by atoms with E-state index in [9.17, 15) is 0 Å². The van der Waals surface area contributed by atoms with Crippen LogP contribution in [0.1, 0.15) is 12.0 Å². The molecule has 63 heavy (non-hydrogen) atoms. The first-order chi connectivity index (χ1) is 31.2. The lowest BCUT2D eigenvalue weighted by atomic mass is 10.00. The van der Waals surface area contributed by atoms with Crippen LogP contribution in [0.3, 0.4) is 0 Å². The Balaban J connectivity index is 0.880. The van der Waals surface area contributed by atoms with Gasteiger partial charge in [-0.1, -0.05) is 200 Å². The molecule has 1 aliphatic rings. The van der Waals surface area contributed by atoms with Crippen molar-refractivity contribution in [1.82, 2.24) is 0 Å². The summed E-state index contributed by atoms with van der Waals surface area (Å²) in [7, 11) is 0. The first-order valence-electron chi connectivity index (χ1n) is 21.6. The highest BCUT2D eigenvalue weighted by atomic mass is 15.1. The van der Waals surface area contributed by atoms with Crippen LogP contribution in [0, 0.1) is 0 Å². The highest BCUT2D eigenvalue weighted by molar-refractivity contribution is 5.82. The maximum absolute atomic E-state index is 2.35. The Kier molecular flexibility index (Phi) is 11.3. The molecule has 2 nitrogen and oxygen atoms in total. The molecule has 0 fully saturated rings. The van der Waals surface area contributed by atoms with E-state index >= 15 is 0 Å². The van der Waals surface area contributed by atoms with Gasteiger partial charge in [0.1, 0.15) is 0 Å². The highest BCUT2D eigenvalue weighted by Crippen LogP contribution is 2.38. The minimum Gasteiger partial charge on any atom is -0.311 e. The van der Waals surface area contributed by atoms with Gasteiger partial charge in [-0.25, -0.2) is 0 Å². The lowest BCUT2D eigenvalue weighted by Gasteiger charge is -2.27. The highest BCUT2D eigenvalue weighted by Gasteiger charge is 2.16. The number of rotatable bonds is 11. The van der Waals surface area contributed by atoms with E-state index in [0.717, 1.165) is 40.6 Å². The fourth-order valence-electron chi connectivity index (χ4n) is 8.43. The van der Waals surface area contributed by atoms with Crippen LogP contribution in [0.15, 0.2) is 273 Å². The number of hydrogen-bond acceptors (Lipinski definition) is 2. The molecule has 0 aromatic heterocycles. The van der Waals surface area contributed by atoms with Gasteiger partial charge in [-0.3, -0.25) is 0 Å². The van der Waals surface area contributed by atoms with E-state index in [2.05, 4.69) is 277 Å². The first-order valence-corrected chi connectivity index (χ1v) is 21.6. The summed E-state index contributed by atoms with van der Waals surface area (Å²) < 4.78 is 0. The minimum absolute atomic E-state index is 0.832. The van der Waals surface area contributed by atoms with Crippen molar-refractivity contribution >= 4 is 34.0 Å². The lowest BCUT2D eigenvalue weighted by Crippen LogP contribution is -2.15. The quantitative estimate of drug-likeness (QED) is 0.128. The second kappa shape index (κ2) is 18.2. The first kappa shape index (κ1) is 39.0. The fourth-order valence-corrected chi connectivity index (χ4v) is 8.43. The van der Waals surface area contributed by atoms with E-state index in [4.69, 9.17) is 0 Å². The van der Waals surface area contributed by atoms with Gasteiger partial charge < -0.3 is 9.80 Å². The second-order valence-corrected chi connectivity index (χ2v) is 15.7. The molecule has 0 radical (unpaired) electrons. The fraction of sp³-hybridized carbons (Fsp3) is 0.0164. The van der Waals surface area contributed by atoms with E-state index < -0.39 is 0 Å². The van der Waals surface area contributed by atoms with Crippen LogP contribution in [0.5, 0.6) is 0 Å². The van der Waals surface area contributed by atoms with E-state index in [-0.39, 0.29) is 0 Å². The van der Waals surface area contributed by atoms with Gasteiger partial charge in [0.25, 0.3) is 0 Å². The zero-order chi connectivity index (χ0) is 42.2. The average Bonchev–Trinajstić information content (AvgIpc) is 3.62. The van der Waals surface area contributed by atoms with Crippen LogP contribution in [0.2, 0.25) is 0 Å². The second-order valence-electron chi connectivity index (χ2n) is 15.7. The Bertz CT molecular complexity index is 2990. The molecular formula is C61H46N2. The van der Waals surface area contributed by atoms with Gasteiger partial charge in [-0.05, 0) is 129 Å². The Labute approximate surface area is 371 Å². The number of para-hydroxylation sites is 2. The number of benzene rings is 9. The summed E-state index contributed by atoms with van der Waals surface area (Å²) in [5.41, 5.74) is 18.8. The summed E-state index contributed by atoms with van der Waals surface area (Å²) >= 11 is 0. The lowest BCUT2D eigenvalue weighted by molar-refractivity contribution is 1.18. The van der Waals surface area contributed by atoms with Crippen molar-refractivity contribution in [1.29, 1.82) is 0 Å². The van der Waals surface area contributed by atoms with Gasteiger partial charge in [0, 0.05) is 34.1 Å². The topological polar surface area (TPSA) is 6.48 Å². The van der Waals surface area contributed by atoms with Crippen LogP contribution in [0.4, 0.5) is 28.4 Å². The van der Waals surface area contributed by atoms with Crippen molar-refractivity contribution in [2.24, 2.45) is 0 Å². The van der Waals surface area contributed by atoms with Crippen molar-refractivity contribution in [2.75, 3.05) is 9.80 Å². The van der Waals surface area contributed by atoms with Gasteiger partial charge in [-0.2, -0.15) is 0 Å². The minimum atomic E-state index is 0.832. The third-order valence-electron chi connectivity index (χ3n) is 11.7. The van der Waals surface area contributed by atoms with E-state index in [1.165, 1.54) is 55.6 Å². The molecule has 0 amide bonds. The molecule has 0 unspecified atom stereocenters. The molecule has 0 atom stereocenters. The van der Waals surface area contributed by atoms with Crippen LogP contribution in [-0.4, -0.2) is 0 Å². The van der Waals surface area contributed by atoms with Crippen molar-refractivity contribution < 1.29 is 0 Å². The SMILES string of the molecule is C1=CC(N(c2ccccc2)c2ccc(-c3ccc(N(c4ccccc4)c4ccc(-c5ccc(-c6ccccc6)cc5)cc4)cc3)cc2)=CCC=C1c1ccc(-c2ccccc2)cc1. The van der Waals surface area contributed by atoms with Gasteiger partial charge in [0.2, 0.25) is 0 Å². The standard InChI is InChI=1S/C61H46N2/c1-5-14-46(15-6-1)49-24-28-51(29-25-49)48-18-13-23-58(39-32-48)62(56-19-9-3-10-20-56)59-40-35-54(36-41-59)55-37-44-61(45-38-55)63(57-21-11-4-12-22-57)60-42-33-53(34-43-60)52-30-26-50(27-31-52)47-16-7-2-8-17-47/h1-12,14-45H,13H2. The van der Waals surface area contributed by atoms with Crippen LogP contribution in [0.25, 0.3) is 50.1 Å². The predicted molar refractivity (Wildman–Crippen MR) is 268 cm³/mol. The molecule has 0 aliphatic heterocycles. The maximum atomic E-state index is 2.35. The maximum Gasteiger partial charge on any atom is 0.0462 e. The monoisotopic (exact) mass is 806 g/mol. The molecule has 0 N–H and O–H groups in total. The molecule has 1 aliphatic carbocycles. The molecule has 0 saturated carbocycles. The molecule has 10 rings (SSSR count). The van der Waals surface area contributed by atoms with Crippen molar-refractivity contribution in [3.8, 4) is 44.5 Å². The Morgan fingerprint density at radius 2 is 0.508 bits per heavy atom. The summed E-state index contributed by atoms with van der Waals surface area (Å²) in [6.45, 7) is 0. The number of nitrogens with zero attached hydrogens (tertiary/aromatic N) is 2. The number of hydrogen-bond donors (Lipinski definition) is 0. The van der Waals surface area contributed by atoms with Crippen molar-refractivity contribution in [3.63, 3.8) is 0 Å². The van der Waals surface area contributed by atoms with Gasteiger partial charge in [0.05, 0.1) is 0 Å². The van der Waals surface area contributed by atoms with Crippen LogP contribution >= 0.6 is 0 Å². The molecule has 2 heteroatoms. The summed E-state index contributed by atoms with van der Waals surface area (Å²) in [5, 5.41) is 0. The molecular weight excluding hydrogens is 761 g/mol. The Morgan fingerprint density at radius 1 is 0.222 bits per heavy atom. The van der Waals surface area contributed by atoms with Gasteiger partial charge in [0.15, 0.2) is 0 Å². The predicted octanol–water partition coefficient (Wildman–Crippen LogP) is 16.9. The van der Waals surface area contributed by atoms with Crippen LogP contribution in [-0.2, 0) is 0 Å². The van der Waals surface area contributed by atoms with E-state index in [1.54, 1.807) is 0 Å².